The third-order valence-electron chi connectivity index (χ3n) is 5.16. The van der Waals surface area contributed by atoms with Crippen molar-refractivity contribution in [3.63, 3.8) is 0 Å². The van der Waals surface area contributed by atoms with Gasteiger partial charge in [0.05, 0.1) is 0 Å². The molecule has 18 heavy (non-hydrogen) atoms. The second-order valence-electron chi connectivity index (χ2n) is 6.53. The van der Waals surface area contributed by atoms with Gasteiger partial charge in [0, 0.05) is 11.0 Å². The van der Waals surface area contributed by atoms with Crippen LogP contribution in [-0.4, -0.2) is 5.78 Å². The molecule has 1 aromatic carbocycles. The SMILES string of the molecule is CC12CCC1C(C)(C)/C(=C/c1ccccc1)C2=O. The summed E-state index contributed by atoms with van der Waals surface area (Å²) in [6, 6.07) is 10.2. The summed E-state index contributed by atoms with van der Waals surface area (Å²) >= 11 is 0. The summed E-state index contributed by atoms with van der Waals surface area (Å²) in [5.74, 6) is 0.917. The molecule has 0 spiro atoms. The lowest BCUT2D eigenvalue weighted by molar-refractivity contribution is -0.129. The van der Waals surface area contributed by atoms with Gasteiger partial charge < -0.3 is 0 Å². The normalized spacial score (nSPS) is 35.4. The van der Waals surface area contributed by atoms with E-state index in [1.807, 2.05) is 18.2 Å². The number of carbonyl (C=O) groups is 1. The highest BCUT2D eigenvalue weighted by Gasteiger charge is 2.63. The second kappa shape index (κ2) is 3.57. The van der Waals surface area contributed by atoms with E-state index in [4.69, 9.17) is 0 Å². The molecule has 1 heteroatoms. The van der Waals surface area contributed by atoms with E-state index in [9.17, 15) is 4.79 Å². The summed E-state index contributed by atoms with van der Waals surface area (Å²) in [5.41, 5.74) is 2.11. The van der Waals surface area contributed by atoms with Gasteiger partial charge in [0.1, 0.15) is 0 Å². The molecule has 2 unspecified atom stereocenters. The molecule has 0 aromatic heterocycles. The highest BCUT2D eigenvalue weighted by atomic mass is 16.1. The van der Waals surface area contributed by atoms with Gasteiger partial charge in [-0.3, -0.25) is 4.79 Å². The molecule has 2 saturated carbocycles. The molecule has 0 N–H and O–H groups in total. The Bertz CT molecular complexity index is 524. The number of allylic oxidation sites excluding steroid dienone is 1. The van der Waals surface area contributed by atoms with E-state index in [-0.39, 0.29) is 10.8 Å². The molecule has 0 saturated heterocycles. The maximum atomic E-state index is 12.6. The molecule has 94 valence electrons. The highest BCUT2D eigenvalue weighted by molar-refractivity contribution is 6.08. The third-order valence-corrected chi connectivity index (χ3v) is 5.16. The number of carbonyl (C=O) groups excluding carboxylic acids is 1. The second-order valence-corrected chi connectivity index (χ2v) is 6.53. The van der Waals surface area contributed by atoms with Crippen LogP contribution in [0.3, 0.4) is 0 Å². The monoisotopic (exact) mass is 240 g/mol. The molecule has 1 aromatic rings. The van der Waals surface area contributed by atoms with Gasteiger partial charge in [-0.1, -0.05) is 51.1 Å². The Kier molecular flexibility index (Phi) is 2.32. The van der Waals surface area contributed by atoms with Gasteiger partial charge in [-0.25, -0.2) is 0 Å². The largest absolute Gasteiger partial charge is 0.294 e. The van der Waals surface area contributed by atoms with Crippen LogP contribution in [0.1, 0.15) is 39.2 Å². The maximum absolute atomic E-state index is 12.6. The molecule has 2 fully saturated rings. The van der Waals surface area contributed by atoms with Crippen LogP contribution in [0.5, 0.6) is 0 Å². The molecule has 3 rings (SSSR count). The van der Waals surface area contributed by atoms with Gasteiger partial charge in [0.25, 0.3) is 0 Å². The van der Waals surface area contributed by atoms with E-state index in [1.54, 1.807) is 0 Å². The zero-order valence-corrected chi connectivity index (χ0v) is 11.4. The molecular formula is C17H20O. The molecule has 0 aliphatic heterocycles. The number of hydrogen-bond donors (Lipinski definition) is 0. The van der Waals surface area contributed by atoms with Gasteiger partial charge in [-0.05, 0) is 35.8 Å². The summed E-state index contributed by atoms with van der Waals surface area (Å²) in [5, 5.41) is 0. The Balaban J connectivity index is 2.07. The van der Waals surface area contributed by atoms with Crippen molar-refractivity contribution < 1.29 is 4.79 Å². The fourth-order valence-electron chi connectivity index (χ4n) is 3.91. The molecule has 0 radical (unpaired) electrons. The number of Topliss-reactive ketones (excluding diaryl/α,β-unsaturated/α-hetero) is 1. The first-order chi connectivity index (χ1) is 8.46. The Morgan fingerprint density at radius 2 is 1.83 bits per heavy atom. The Labute approximate surface area is 109 Å². The fraction of sp³-hybridized carbons (Fsp3) is 0.471. The molecule has 2 atom stereocenters. The van der Waals surface area contributed by atoms with Crippen molar-refractivity contribution >= 4 is 11.9 Å². The minimum atomic E-state index is -0.0793. The molecular weight excluding hydrogens is 220 g/mol. The number of benzene rings is 1. The van der Waals surface area contributed by atoms with Crippen LogP contribution in [0.25, 0.3) is 6.08 Å². The Morgan fingerprint density at radius 1 is 1.17 bits per heavy atom. The van der Waals surface area contributed by atoms with Crippen LogP contribution < -0.4 is 0 Å². The first-order valence-corrected chi connectivity index (χ1v) is 6.78. The first-order valence-electron chi connectivity index (χ1n) is 6.78. The van der Waals surface area contributed by atoms with E-state index in [1.165, 1.54) is 6.42 Å². The predicted octanol–water partition coefficient (Wildman–Crippen LogP) is 4.10. The lowest BCUT2D eigenvalue weighted by Crippen LogP contribution is -2.41. The number of fused-ring (bicyclic) bond motifs is 1. The van der Waals surface area contributed by atoms with Crippen LogP contribution in [0.15, 0.2) is 35.9 Å². The van der Waals surface area contributed by atoms with Crippen molar-refractivity contribution in [2.24, 2.45) is 16.7 Å². The number of rotatable bonds is 1. The topological polar surface area (TPSA) is 17.1 Å². The fourth-order valence-corrected chi connectivity index (χ4v) is 3.91. The van der Waals surface area contributed by atoms with Crippen LogP contribution in [0.4, 0.5) is 0 Å². The third kappa shape index (κ3) is 1.36. The molecule has 2 aliphatic rings. The van der Waals surface area contributed by atoms with Crippen LogP contribution >= 0.6 is 0 Å². The van der Waals surface area contributed by atoms with Crippen molar-refractivity contribution in [2.75, 3.05) is 0 Å². The van der Waals surface area contributed by atoms with Crippen LogP contribution in [0.2, 0.25) is 0 Å². The number of ketones is 1. The minimum absolute atomic E-state index is 0.0277. The van der Waals surface area contributed by atoms with Crippen molar-refractivity contribution in [1.29, 1.82) is 0 Å². The summed E-state index contributed by atoms with van der Waals surface area (Å²) in [6.07, 6.45) is 4.36. The lowest BCUT2D eigenvalue weighted by atomic mass is 9.57. The first kappa shape index (κ1) is 11.7. The maximum Gasteiger partial charge on any atom is 0.165 e. The van der Waals surface area contributed by atoms with Crippen LogP contribution in [-0.2, 0) is 4.79 Å². The lowest BCUT2D eigenvalue weighted by Gasteiger charge is -2.45. The van der Waals surface area contributed by atoms with E-state index in [0.717, 1.165) is 17.6 Å². The van der Waals surface area contributed by atoms with Crippen molar-refractivity contribution in [3.05, 3.63) is 41.5 Å². The Morgan fingerprint density at radius 3 is 2.28 bits per heavy atom. The zero-order chi connectivity index (χ0) is 13.0. The van der Waals surface area contributed by atoms with Gasteiger partial charge in [-0.2, -0.15) is 0 Å². The smallest absolute Gasteiger partial charge is 0.165 e. The van der Waals surface area contributed by atoms with E-state index < -0.39 is 0 Å². The molecule has 0 heterocycles. The van der Waals surface area contributed by atoms with Gasteiger partial charge >= 0.3 is 0 Å². The van der Waals surface area contributed by atoms with Gasteiger partial charge in [-0.15, -0.1) is 0 Å². The van der Waals surface area contributed by atoms with E-state index in [0.29, 0.717) is 11.7 Å². The van der Waals surface area contributed by atoms with Crippen molar-refractivity contribution in [2.45, 2.75) is 33.6 Å². The molecule has 1 nitrogen and oxygen atoms in total. The summed E-state index contributed by atoms with van der Waals surface area (Å²) in [6.45, 7) is 6.61. The minimum Gasteiger partial charge on any atom is -0.294 e. The standard InChI is InChI=1S/C17H20O/c1-16(2)13(11-12-7-5-4-6-8-12)15(18)17(3)10-9-14(16)17/h4-8,11,14H,9-10H2,1-3H3/b13-11+. The number of hydrogen-bond acceptors (Lipinski definition) is 1. The van der Waals surface area contributed by atoms with Gasteiger partial charge in [0.15, 0.2) is 5.78 Å². The molecule has 2 aliphatic carbocycles. The van der Waals surface area contributed by atoms with Crippen LogP contribution in [0, 0.1) is 16.7 Å². The summed E-state index contributed by atoms with van der Waals surface area (Å²) < 4.78 is 0. The highest BCUT2D eigenvalue weighted by Crippen LogP contribution is 2.65. The van der Waals surface area contributed by atoms with E-state index >= 15 is 0 Å². The molecule has 0 amide bonds. The average molecular weight is 240 g/mol. The summed E-state index contributed by atoms with van der Waals surface area (Å²) in [7, 11) is 0. The quantitative estimate of drug-likeness (QED) is 0.675. The average Bonchev–Trinajstić information content (AvgIpc) is 2.41. The summed E-state index contributed by atoms with van der Waals surface area (Å²) in [4.78, 5) is 12.6. The van der Waals surface area contributed by atoms with Crippen molar-refractivity contribution in [1.82, 2.24) is 0 Å². The predicted molar refractivity (Wildman–Crippen MR) is 74.0 cm³/mol. The zero-order valence-electron chi connectivity index (χ0n) is 11.4. The Hall–Kier alpha value is -1.37. The van der Waals surface area contributed by atoms with Gasteiger partial charge in [0.2, 0.25) is 0 Å². The molecule has 0 bridgehead atoms. The van der Waals surface area contributed by atoms with E-state index in [2.05, 4.69) is 39.0 Å². The van der Waals surface area contributed by atoms with Crippen molar-refractivity contribution in [3.8, 4) is 0 Å².